The summed E-state index contributed by atoms with van der Waals surface area (Å²) in [6.45, 7) is 2.18. The van der Waals surface area contributed by atoms with E-state index in [9.17, 15) is 13.6 Å². The van der Waals surface area contributed by atoms with Gasteiger partial charge in [-0.3, -0.25) is 9.48 Å². The van der Waals surface area contributed by atoms with Crippen LogP contribution < -0.4 is 5.32 Å². The van der Waals surface area contributed by atoms with Gasteiger partial charge in [0, 0.05) is 12.3 Å². The molecule has 4 nitrogen and oxygen atoms in total. The van der Waals surface area contributed by atoms with Crippen molar-refractivity contribution < 1.29 is 13.6 Å². The minimum atomic E-state index is -0.664. The van der Waals surface area contributed by atoms with Crippen LogP contribution in [-0.4, -0.2) is 15.7 Å². The van der Waals surface area contributed by atoms with Crippen LogP contribution in [0.1, 0.15) is 24.6 Å². The molecule has 0 fully saturated rings. The second-order valence-corrected chi connectivity index (χ2v) is 5.82. The molecule has 1 heterocycles. The number of halogens is 2. The molecule has 22 heavy (non-hydrogen) atoms. The van der Waals surface area contributed by atoms with Gasteiger partial charge in [-0.1, -0.05) is 6.92 Å². The maximum Gasteiger partial charge on any atom is 0.246 e. The Labute approximate surface area is 127 Å². The van der Waals surface area contributed by atoms with Gasteiger partial charge >= 0.3 is 0 Å². The third-order valence-electron chi connectivity index (χ3n) is 3.88. The topological polar surface area (TPSA) is 46.9 Å². The highest BCUT2D eigenvalue weighted by Crippen LogP contribution is 2.24. The van der Waals surface area contributed by atoms with Crippen molar-refractivity contribution in [3.8, 4) is 0 Å². The summed E-state index contributed by atoms with van der Waals surface area (Å²) in [4.78, 5) is 12.0. The van der Waals surface area contributed by atoms with Gasteiger partial charge < -0.3 is 5.32 Å². The average molecular weight is 305 g/mol. The van der Waals surface area contributed by atoms with E-state index < -0.39 is 17.5 Å². The molecule has 1 amide bonds. The fourth-order valence-electron chi connectivity index (χ4n) is 2.76. The van der Waals surface area contributed by atoms with Gasteiger partial charge in [0.1, 0.15) is 18.2 Å². The SMILES string of the molecule is C[C@@H]1CCc2nn(CC(=O)Nc3cc(F)ccc3F)cc2C1. The van der Waals surface area contributed by atoms with Crippen LogP contribution in [0.4, 0.5) is 14.5 Å². The Morgan fingerprint density at radius 2 is 2.27 bits per heavy atom. The molecule has 1 atom stereocenters. The number of carbonyl (C=O) groups excluding carboxylic acids is 1. The van der Waals surface area contributed by atoms with Gasteiger partial charge in [0.25, 0.3) is 0 Å². The Kier molecular flexibility index (Phi) is 3.92. The first kappa shape index (κ1) is 14.7. The lowest BCUT2D eigenvalue weighted by Crippen LogP contribution is -2.20. The largest absolute Gasteiger partial charge is 0.322 e. The molecule has 0 saturated carbocycles. The Balaban J connectivity index is 1.68. The van der Waals surface area contributed by atoms with Gasteiger partial charge in [-0.25, -0.2) is 8.78 Å². The predicted octanol–water partition coefficient (Wildman–Crippen LogP) is 2.92. The van der Waals surface area contributed by atoms with E-state index in [2.05, 4.69) is 17.3 Å². The summed E-state index contributed by atoms with van der Waals surface area (Å²) in [7, 11) is 0. The van der Waals surface area contributed by atoms with E-state index in [1.165, 1.54) is 5.56 Å². The smallest absolute Gasteiger partial charge is 0.246 e. The molecule has 1 aromatic heterocycles. The summed E-state index contributed by atoms with van der Waals surface area (Å²) in [5, 5.41) is 6.77. The van der Waals surface area contributed by atoms with Crippen LogP contribution in [0.5, 0.6) is 0 Å². The first-order chi connectivity index (χ1) is 10.5. The lowest BCUT2D eigenvalue weighted by molar-refractivity contribution is -0.116. The maximum absolute atomic E-state index is 13.5. The highest BCUT2D eigenvalue weighted by molar-refractivity contribution is 5.90. The summed E-state index contributed by atoms with van der Waals surface area (Å²) in [5.41, 5.74) is 2.04. The summed E-state index contributed by atoms with van der Waals surface area (Å²) < 4.78 is 28.1. The van der Waals surface area contributed by atoms with Crippen molar-refractivity contribution in [1.82, 2.24) is 9.78 Å². The van der Waals surface area contributed by atoms with Crippen LogP contribution in [-0.2, 0) is 24.2 Å². The molecule has 1 aliphatic rings. The van der Waals surface area contributed by atoms with Gasteiger partial charge in [-0.05, 0) is 42.9 Å². The second-order valence-electron chi connectivity index (χ2n) is 5.82. The molecule has 0 saturated heterocycles. The average Bonchev–Trinajstić information content (AvgIpc) is 2.84. The first-order valence-corrected chi connectivity index (χ1v) is 7.31. The fourth-order valence-corrected chi connectivity index (χ4v) is 2.76. The molecule has 1 aromatic carbocycles. The quantitative estimate of drug-likeness (QED) is 0.948. The summed E-state index contributed by atoms with van der Waals surface area (Å²) in [5.74, 6) is -1.07. The standard InChI is InChI=1S/C16H17F2N3O/c1-10-2-5-14-11(6-10)8-21(20-14)9-16(22)19-15-7-12(17)3-4-13(15)18/h3-4,7-8,10H,2,5-6,9H2,1H3,(H,19,22)/t10-/m1/s1. The van der Waals surface area contributed by atoms with Crippen molar-refractivity contribution in [2.45, 2.75) is 32.7 Å². The van der Waals surface area contributed by atoms with Crippen LogP contribution in [0.2, 0.25) is 0 Å². The van der Waals surface area contributed by atoms with Crippen LogP contribution in [0, 0.1) is 17.6 Å². The number of anilines is 1. The van der Waals surface area contributed by atoms with Crippen LogP contribution in [0.15, 0.2) is 24.4 Å². The van der Waals surface area contributed by atoms with Crippen molar-refractivity contribution in [3.05, 3.63) is 47.3 Å². The Morgan fingerprint density at radius 3 is 3.09 bits per heavy atom. The molecule has 0 unspecified atom stereocenters. The molecular formula is C16H17F2N3O. The zero-order valence-electron chi connectivity index (χ0n) is 12.3. The van der Waals surface area contributed by atoms with E-state index in [-0.39, 0.29) is 12.2 Å². The molecule has 1 aliphatic carbocycles. The maximum atomic E-state index is 13.5. The monoisotopic (exact) mass is 305 g/mol. The Bertz CT molecular complexity index is 711. The molecule has 6 heteroatoms. The fraction of sp³-hybridized carbons (Fsp3) is 0.375. The summed E-state index contributed by atoms with van der Waals surface area (Å²) in [6, 6.07) is 2.95. The number of aryl methyl sites for hydroxylation is 1. The molecule has 0 bridgehead atoms. The molecule has 116 valence electrons. The number of carbonyl (C=O) groups is 1. The lowest BCUT2D eigenvalue weighted by atomic mass is 9.89. The number of benzene rings is 1. The normalized spacial score (nSPS) is 17.1. The molecule has 2 aromatic rings. The van der Waals surface area contributed by atoms with Crippen molar-refractivity contribution in [2.24, 2.45) is 5.92 Å². The minimum absolute atomic E-state index is 0.0165. The molecule has 3 rings (SSSR count). The molecule has 0 spiro atoms. The molecular weight excluding hydrogens is 288 g/mol. The van der Waals surface area contributed by atoms with E-state index >= 15 is 0 Å². The Morgan fingerprint density at radius 1 is 1.45 bits per heavy atom. The predicted molar refractivity (Wildman–Crippen MR) is 78.4 cm³/mol. The van der Waals surface area contributed by atoms with E-state index in [1.54, 1.807) is 4.68 Å². The van der Waals surface area contributed by atoms with Crippen molar-refractivity contribution in [2.75, 3.05) is 5.32 Å². The number of nitrogens with one attached hydrogen (secondary N) is 1. The van der Waals surface area contributed by atoms with Gasteiger partial charge in [0.15, 0.2) is 0 Å². The zero-order chi connectivity index (χ0) is 15.7. The summed E-state index contributed by atoms with van der Waals surface area (Å²) in [6.07, 6.45) is 4.86. The second kappa shape index (κ2) is 5.87. The first-order valence-electron chi connectivity index (χ1n) is 7.31. The number of aromatic nitrogens is 2. The third-order valence-corrected chi connectivity index (χ3v) is 3.88. The highest BCUT2D eigenvalue weighted by Gasteiger charge is 2.19. The van der Waals surface area contributed by atoms with Gasteiger partial charge in [-0.2, -0.15) is 5.10 Å². The number of rotatable bonds is 3. The van der Waals surface area contributed by atoms with Crippen LogP contribution >= 0.6 is 0 Å². The lowest BCUT2D eigenvalue weighted by Gasteiger charge is -2.15. The number of hydrogen-bond donors (Lipinski definition) is 1. The third kappa shape index (κ3) is 3.16. The van der Waals surface area contributed by atoms with E-state index in [1.807, 2.05) is 6.20 Å². The Hall–Kier alpha value is -2.24. The number of fused-ring (bicyclic) bond motifs is 1. The van der Waals surface area contributed by atoms with Crippen molar-refractivity contribution in [1.29, 1.82) is 0 Å². The minimum Gasteiger partial charge on any atom is -0.322 e. The van der Waals surface area contributed by atoms with E-state index in [0.29, 0.717) is 5.92 Å². The van der Waals surface area contributed by atoms with E-state index in [4.69, 9.17) is 0 Å². The van der Waals surface area contributed by atoms with Gasteiger partial charge in [0.2, 0.25) is 5.91 Å². The summed E-state index contributed by atoms with van der Waals surface area (Å²) >= 11 is 0. The molecule has 1 N–H and O–H groups in total. The van der Waals surface area contributed by atoms with Crippen LogP contribution in [0.25, 0.3) is 0 Å². The van der Waals surface area contributed by atoms with E-state index in [0.717, 1.165) is 43.2 Å². The molecule has 0 aliphatic heterocycles. The van der Waals surface area contributed by atoms with Crippen molar-refractivity contribution in [3.63, 3.8) is 0 Å². The number of hydrogen-bond acceptors (Lipinski definition) is 2. The molecule has 0 radical (unpaired) electrons. The van der Waals surface area contributed by atoms with Gasteiger partial charge in [-0.15, -0.1) is 0 Å². The van der Waals surface area contributed by atoms with Crippen molar-refractivity contribution >= 4 is 11.6 Å². The zero-order valence-corrected chi connectivity index (χ0v) is 12.3. The van der Waals surface area contributed by atoms with Gasteiger partial charge in [0.05, 0.1) is 11.4 Å². The highest BCUT2D eigenvalue weighted by atomic mass is 19.1. The number of nitrogens with zero attached hydrogens (tertiary/aromatic N) is 2. The van der Waals surface area contributed by atoms with Crippen LogP contribution in [0.3, 0.4) is 0 Å². The number of amides is 1.